The van der Waals surface area contributed by atoms with E-state index in [1.54, 1.807) is 0 Å². The largest absolute Gasteiger partial charge is 0.481 e. The molecule has 2 unspecified atom stereocenters. The van der Waals surface area contributed by atoms with Crippen molar-refractivity contribution >= 4 is 5.97 Å². The smallest absolute Gasteiger partial charge is 0.306 e. The third-order valence-electron chi connectivity index (χ3n) is 8.78. The Labute approximate surface area is 263 Å². The fraction of sp³-hybridized carbons (Fsp3) is 0.821. The van der Waals surface area contributed by atoms with Crippen LogP contribution in [-0.2, 0) is 4.79 Å². The summed E-state index contributed by atoms with van der Waals surface area (Å²) in [7, 11) is 4.18. The Bertz CT molecular complexity index is 639. The summed E-state index contributed by atoms with van der Waals surface area (Å²) in [6.45, 7) is 7.74. The lowest BCUT2D eigenvalue weighted by molar-refractivity contribution is -0.145. The van der Waals surface area contributed by atoms with E-state index in [2.05, 4.69) is 76.2 Å². The predicted molar refractivity (Wildman–Crippen MR) is 187 cm³/mol. The molecule has 0 aromatic heterocycles. The molecule has 246 valence electrons. The summed E-state index contributed by atoms with van der Waals surface area (Å²) < 4.78 is 0. The Hall–Kier alpha value is -1.35. The topological polar surface area (TPSA) is 40.5 Å². The quantitative estimate of drug-likeness (QED) is 0.0647. The van der Waals surface area contributed by atoms with Crippen LogP contribution < -0.4 is 0 Å². The number of carbonyl (C=O) groups is 1. The van der Waals surface area contributed by atoms with Gasteiger partial charge >= 0.3 is 5.97 Å². The number of hydrogen-bond donors (Lipinski definition) is 1. The van der Waals surface area contributed by atoms with E-state index in [4.69, 9.17) is 0 Å². The van der Waals surface area contributed by atoms with Crippen LogP contribution in [0.3, 0.4) is 0 Å². The fourth-order valence-electron chi connectivity index (χ4n) is 6.20. The fourth-order valence-corrected chi connectivity index (χ4v) is 6.20. The second kappa shape index (κ2) is 31.1. The van der Waals surface area contributed by atoms with E-state index in [0.717, 1.165) is 64.3 Å². The minimum absolute atomic E-state index is 0.224. The van der Waals surface area contributed by atoms with E-state index in [0.29, 0.717) is 5.92 Å². The molecule has 1 N–H and O–H groups in total. The van der Waals surface area contributed by atoms with Gasteiger partial charge in [0, 0.05) is 0 Å². The predicted octanol–water partition coefficient (Wildman–Crippen LogP) is 12.2. The molecule has 0 radical (unpaired) electrons. The number of rotatable bonds is 31. The highest BCUT2D eigenvalue weighted by Gasteiger charge is 2.33. The van der Waals surface area contributed by atoms with Gasteiger partial charge in [0.25, 0.3) is 0 Å². The van der Waals surface area contributed by atoms with Gasteiger partial charge in [0.2, 0.25) is 0 Å². The van der Waals surface area contributed by atoms with Gasteiger partial charge in [-0.1, -0.05) is 95.8 Å². The Morgan fingerprint density at radius 2 is 0.929 bits per heavy atom. The van der Waals surface area contributed by atoms with Gasteiger partial charge in [0.15, 0.2) is 0 Å². The van der Waals surface area contributed by atoms with Crippen LogP contribution in [0.4, 0.5) is 0 Å². The molecule has 0 heterocycles. The van der Waals surface area contributed by atoms with Gasteiger partial charge < -0.3 is 10.0 Å². The summed E-state index contributed by atoms with van der Waals surface area (Å²) in [5.74, 6) is -0.00986. The molecule has 0 fully saturated rings. The van der Waals surface area contributed by atoms with E-state index < -0.39 is 5.97 Å². The van der Waals surface area contributed by atoms with Crippen molar-refractivity contribution in [2.45, 2.75) is 168 Å². The molecule has 0 aliphatic carbocycles. The van der Waals surface area contributed by atoms with Crippen molar-refractivity contribution in [3.8, 4) is 0 Å². The maximum atomic E-state index is 12.7. The van der Waals surface area contributed by atoms with E-state index in [-0.39, 0.29) is 11.8 Å². The number of carboxylic acids is 1. The van der Waals surface area contributed by atoms with E-state index in [9.17, 15) is 9.90 Å². The summed E-state index contributed by atoms with van der Waals surface area (Å²) in [6.07, 6.45) is 41.4. The van der Waals surface area contributed by atoms with E-state index >= 15 is 0 Å². The SMILES string of the molecule is CCCCC/C=C\CCCC(CCC/C=C\CCCCC)C(CCC/C=C\CCCCC)C(CCCN(C)C)C(=O)O. The minimum Gasteiger partial charge on any atom is -0.481 e. The van der Waals surface area contributed by atoms with Crippen LogP contribution >= 0.6 is 0 Å². The number of aliphatic carboxylic acids is 1. The molecule has 2 atom stereocenters. The number of unbranched alkanes of at least 4 members (excludes halogenated alkanes) is 12. The number of nitrogens with zero attached hydrogens (tertiary/aromatic N) is 1. The average Bonchev–Trinajstić information content (AvgIpc) is 2.96. The number of allylic oxidation sites excluding steroid dienone is 6. The summed E-state index contributed by atoms with van der Waals surface area (Å²) in [6, 6.07) is 0. The molecule has 0 aromatic rings. The molecular formula is C39H73NO2. The van der Waals surface area contributed by atoms with Crippen LogP contribution in [0.1, 0.15) is 168 Å². The first-order valence-electron chi connectivity index (χ1n) is 18.3. The highest BCUT2D eigenvalue weighted by molar-refractivity contribution is 5.70. The lowest BCUT2D eigenvalue weighted by Crippen LogP contribution is -2.31. The first-order chi connectivity index (χ1) is 20.5. The molecule has 0 spiro atoms. The van der Waals surface area contributed by atoms with Gasteiger partial charge in [-0.3, -0.25) is 4.79 Å². The molecule has 0 rings (SSSR count). The Balaban J connectivity index is 5.43. The lowest BCUT2D eigenvalue weighted by atomic mass is 9.72. The normalized spacial score (nSPS) is 13.9. The van der Waals surface area contributed by atoms with E-state index in [1.807, 2.05) is 0 Å². The molecule has 0 saturated carbocycles. The third kappa shape index (κ3) is 25.2. The molecule has 0 amide bonds. The summed E-state index contributed by atoms with van der Waals surface area (Å²) >= 11 is 0. The average molecular weight is 588 g/mol. The molecule has 0 aliphatic heterocycles. The number of carboxylic acid groups (broad SMARTS) is 1. The van der Waals surface area contributed by atoms with Crippen LogP contribution in [0.2, 0.25) is 0 Å². The zero-order valence-electron chi connectivity index (χ0n) is 29.0. The van der Waals surface area contributed by atoms with Crippen molar-refractivity contribution in [1.82, 2.24) is 4.90 Å². The van der Waals surface area contributed by atoms with Crippen molar-refractivity contribution in [3.63, 3.8) is 0 Å². The van der Waals surface area contributed by atoms with Gasteiger partial charge in [-0.05, 0) is 142 Å². The van der Waals surface area contributed by atoms with Crippen molar-refractivity contribution < 1.29 is 9.90 Å². The molecule has 0 bridgehead atoms. The molecular weight excluding hydrogens is 514 g/mol. The van der Waals surface area contributed by atoms with Crippen molar-refractivity contribution in [2.24, 2.45) is 17.8 Å². The molecule has 0 saturated heterocycles. The lowest BCUT2D eigenvalue weighted by Gasteiger charge is -2.32. The highest BCUT2D eigenvalue weighted by Crippen LogP contribution is 2.36. The van der Waals surface area contributed by atoms with Crippen LogP contribution in [0, 0.1) is 17.8 Å². The first kappa shape index (κ1) is 40.6. The van der Waals surface area contributed by atoms with Gasteiger partial charge in [-0.2, -0.15) is 0 Å². The zero-order chi connectivity index (χ0) is 31.1. The number of hydrogen-bond acceptors (Lipinski definition) is 2. The molecule has 3 heteroatoms. The third-order valence-corrected chi connectivity index (χ3v) is 8.78. The standard InChI is InChI=1S/C39H73NO2/c1-6-9-12-15-18-21-24-27-31-36(32-28-25-22-19-16-13-10-7-2)37(33-29-26-23-20-17-14-11-8-3)38(39(41)42)34-30-35-40(4)5/h18-23,36-38H,6-17,24-35H2,1-5H3,(H,41,42)/b21-18-,22-19-,23-20-. The Morgan fingerprint density at radius 3 is 1.29 bits per heavy atom. The minimum atomic E-state index is -0.564. The second-order valence-electron chi connectivity index (χ2n) is 13.0. The van der Waals surface area contributed by atoms with Crippen molar-refractivity contribution in [1.29, 1.82) is 0 Å². The summed E-state index contributed by atoms with van der Waals surface area (Å²) in [5, 5.41) is 10.5. The highest BCUT2D eigenvalue weighted by atomic mass is 16.4. The van der Waals surface area contributed by atoms with Gasteiger partial charge in [0.05, 0.1) is 5.92 Å². The summed E-state index contributed by atoms with van der Waals surface area (Å²) in [5.41, 5.74) is 0. The van der Waals surface area contributed by atoms with Gasteiger partial charge in [-0.25, -0.2) is 0 Å². The molecule has 0 aromatic carbocycles. The Kier molecular flexibility index (Phi) is 30.1. The summed E-state index contributed by atoms with van der Waals surface area (Å²) in [4.78, 5) is 14.9. The van der Waals surface area contributed by atoms with E-state index in [1.165, 1.54) is 89.9 Å². The van der Waals surface area contributed by atoms with Crippen LogP contribution in [0.15, 0.2) is 36.5 Å². The first-order valence-corrected chi connectivity index (χ1v) is 18.3. The zero-order valence-corrected chi connectivity index (χ0v) is 29.0. The van der Waals surface area contributed by atoms with Crippen molar-refractivity contribution in [2.75, 3.05) is 20.6 Å². The second-order valence-corrected chi connectivity index (χ2v) is 13.0. The molecule has 0 aliphatic rings. The molecule has 42 heavy (non-hydrogen) atoms. The van der Waals surface area contributed by atoms with Crippen LogP contribution in [-0.4, -0.2) is 36.6 Å². The van der Waals surface area contributed by atoms with Crippen molar-refractivity contribution in [3.05, 3.63) is 36.5 Å². The Morgan fingerprint density at radius 1 is 0.548 bits per heavy atom. The van der Waals surface area contributed by atoms with Crippen LogP contribution in [0.5, 0.6) is 0 Å². The van der Waals surface area contributed by atoms with Crippen LogP contribution in [0.25, 0.3) is 0 Å². The molecule has 3 nitrogen and oxygen atoms in total. The van der Waals surface area contributed by atoms with Gasteiger partial charge in [0.1, 0.15) is 0 Å². The van der Waals surface area contributed by atoms with Gasteiger partial charge in [-0.15, -0.1) is 0 Å². The maximum absolute atomic E-state index is 12.7. The maximum Gasteiger partial charge on any atom is 0.306 e. The monoisotopic (exact) mass is 588 g/mol.